The van der Waals surface area contributed by atoms with E-state index >= 15 is 0 Å². The minimum Gasteiger partial charge on any atom is -0.298 e. The maximum atomic E-state index is 12.5. The number of likely N-dealkylation sites (tertiary alicyclic amines) is 1. The van der Waals surface area contributed by atoms with Crippen LogP contribution in [0.1, 0.15) is 35.3 Å². The van der Waals surface area contributed by atoms with Gasteiger partial charge in [-0.3, -0.25) is 15.0 Å². The number of carbonyl (C=O) groups excluding carboxylic acids is 1. The van der Waals surface area contributed by atoms with Gasteiger partial charge in [0, 0.05) is 24.0 Å². The molecule has 2 N–H and O–H groups in total. The fraction of sp³-hybridized carbons (Fsp3) is 0.368. The van der Waals surface area contributed by atoms with Crippen LogP contribution < -0.4 is 10.0 Å². The van der Waals surface area contributed by atoms with Gasteiger partial charge in [0.25, 0.3) is 5.91 Å². The summed E-state index contributed by atoms with van der Waals surface area (Å²) in [5.41, 5.74) is 1.20. The zero-order chi connectivity index (χ0) is 20.0. The second kappa shape index (κ2) is 9.42. The second-order valence-electron chi connectivity index (χ2n) is 6.60. The van der Waals surface area contributed by atoms with Gasteiger partial charge in [-0.1, -0.05) is 18.6 Å². The van der Waals surface area contributed by atoms with E-state index < -0.39 is 10.0 Å². The summed E-state index contributed by atoms with van der Waals surface area (Å²) in [6.07, 6.45) is 5.17. The molecule has 2 aromatic rings. The molecule has 0 unspecified atom stereocenters. The Kier molecular flexibility index (Phi) is 6.95. The second-order valence-corrected chi connectivity index (χ2v) is 9.23. The molecule has 3 rings (SSSR count). The van der Waals surface area contributed by atoms with E-state index in [2.05, 4.69) is 26.5 Å². The molecule has 0 spiro atoms. The molecule has 0 saturated carbocycles. The third-order valence-corrected chi connectivity index (χ3v) is 6.66. The number of aromatic nitrogens is 1. The fourth-order valence-corrected chi connectivity index (χ4v) is 4.75. The van der Waals surface area contributed by atoms with Crippen molar-refractivity contribution in [2.75, 3.05) is 25.0 Å². The van der Waals surface area contributed by atoms with Gasteiger partial charge in [0.1, 0.15) is 0 Å². The quantitative estimate of drug-likeness (QED) is 0.641. The van der Waals surface area contributed by atoms with E-state index in [9.17, 15) is 13.2 Å². The van der Waals surface area contributed by atoms with Crippen LogP contribution in [0, 0.1) is 0 Å². The summed E-state index contributed by atoms with van der Waals surface area (Å²) in [7, 11) is -3.68. The largest absolute Gasteiger partial charge is 0.298 e. The van der Waals surface area contributed by atoms with Crippen LogP contribution >= 0.6 is 11.3 Å². The van der Waals surface area contributed by atoms with Crippen molar-refractivity contribution >= 4 is 32.4 Å². The van der Waals surface area contributed by atoms with Gasteiger partial charge >= 0.3 is 0 Å². The molecule has 0 bridgehead atoms. The number of hydrogen-bond acceptors (Lipinski definition) is 6. The molecule has 1 amide bonds. The number of sulfonamides is 1. The Labute approximate surface area is 169 Å². The highest BCUT2D eigenvalue weighted by atomic mass is 32.2. The predicted octanol–water partition coefficient (Wildman–Crippen LogP) is 2.85. The Bertz CT molecular complexity index is 934. The first kappa shape index (κ1) is 20.7. The summed E-state index contributed by atoms with van der Waals surface area (Å²) in [5, 5.41) is 5.21. The predicted molar refractivity (Wildman–Crippen MR) is 111 cm³/mol. The zero-order valence-electron chi connectivity index (χ0n) is 15.6. The van der Waals surface area contributed by atoms with E-state index in [1.165, 1.54) is 48.8 Å². The lowest BCUT2D eigenvalue weighted by Gasteiger charge is -2.25. The number of hydrogen-bond donors (Lipinski definition) is 2. The Morgan fingerprint density at radius 3 is 2.82 bits per heavy atom. The number of piperidine rings is 1. The van der Waals surface area contributed by atoms with Gasteiger partial charge < -0.3 is 0 Å². The van der Waals surface area contributed by atoms with Crippen LogP contribution in [0.25, 0.3) is 0 Å². The summed E-state index contributed by atoms with van der Waals surface area (Å²) in [5.74, 6) is -0.389. The van der Waals surface area contributed by atoms with E-state index in [0.29, 0.717) is 5.13 Å². The minimum atomic E-state index is -3.68. The van der Waals surface area contributed by atoms with E-state index in [1.807, 2.05) is 5.38 Å². The van der Waals surface area contributed by atoms with Gasteiger partial charge in [-0.2, -0.15) is 0 Å². The summed E-state index contributed by atoms with van der Waals surface area (Å²) in [4.78, 5) is 19.4. The molecule has 9 heteroatoms. The SMILES string of the molecule is C=CCNS(=O)(=O)c1cccc(C(=O)Nc2nc(CN3CCCCC3)cs2)c1. The number of nitrogens with zero attached hydrogens (tertiary/aromatic N) is 2. The van der Waals surface area contributed by atoms with Crippen LogP contribution in [-0.4, -0.2) is 43.8 Å². The highest BCUT2D eigenvalue weighted by Gasteiger charge is 2.17. The van der Waals surface area contributed by atoms with E-state index in [1.54, 1.807) is 12.1 Å². The van der Waals surface area contributed by atoms with Gasteiger partial charge in [-0.05, 0) is 44.1 Å². The van der Waals surface area contributed by atoms with Crippen molar-refractivity contribution < 1.29 is 13.2 Å². The average Bonchev–Trinajstić information content (AvgIpc) is 3.14. The maximum absolute atomic E-state index is 12.5. The first-order valence-electron chi connectivity index (χ1n) is 9.17. The topological polar surface area (TPSA) is 91.4 Å². The Morgan fingerprint density at radius 2 is 2.07 bits per heavy atom. The van der Waals surface area contributed by atoms with Crippen molar-refractivity contribution in [3.8, 4) is 0 Å². The maximum Gasteiger partial charge on any atom is 0.257 e. The molecule has 1 aromatic carbocycles. The molecule has 0 aliphatic carbocycles. The van der Waals surface area contributed by atoms with Crippen molar-refractivity contribution in [2.45, 2.75) is 30.7 Å². The summed E-state index contributed by atoms with van der Waals surface area (Å²) in [6.45, 7) is 6.57. The molecule has 1 aromatic heterocycles. The molecule has 1 saturated heterocycles. The van der Waals surface area contributed by atoms with Crippen molar-refractivity contribution in [2.24, 2.45) is 0 Å². The molecule has 1 fully saturated rings. The number of thiazole rings is 1. The smallest absolute Gasteiger partial charge is 0.257 e. The number of nitrogens with one attached hydrogen (secondary N) is 2. The van der Waals surface area contributed by atoms with Crippen LogP contribution in [0.4, 0.5) is 5.13 Å². The van der Waals surface area contributed by atoms with Gasteiger partial charge in [-0.15, -0.1) is 17.9 Å². The molecule has 1 aliphatic rings. The van der Waals surface area contributed by atoms with Crippen LogP contribution in [0.15, 0.2) is 47.2 Å². The zero-order valence-corrected chi connectivity index (χ0v) is 17.2. The Balaban J connectivity index is 1.65. The van der Waals surface area contributed by atoms with Gasteiger partial charge in [-0.25, -0.2) is 18.1 Å². The van der Waals surface area contributed by atoms with Crippen molar-refractivity contribution in [3.05, 3.63) is 53.6 Å². The van der Waals surface area contributed by atoms with Crippen molar-refractivity contribution in [1.29, 1.82) is 0 Å². The summed E-state index contributed by atoms with van der Waals surface area (Å²) >= 11 is 1.37. The van der Waals surface area contributed by atoms with Crippen LogP contribution in [0.5, 0.6) is 0 Å². The number of benzene rings is 1. The monoisotopic (exact) mass is 420 g/mol. The van der Waals surface area contributed by atoms with Gasteiger partial charge in [0.05, 0.1) is 10.6 Å². The number of rotatable bonds is 8. The summed E-state index contributed by atoms with van der Waals surface area (Å²) in [6, 6.07) is 5.91. The lowest BCUT2D eigenvalue weighted by atomic mass is 10.1. The number of anilines is 1. The molecule has 0 atom stereocenters. The molecule has 150 valence electrons. The minimum absolute atomic E-state index is 0.0342. The highest BCUT2D eigenvalue weighted by Crippen LogP contribution is 2.20. The first-order chi connectivity index (χ1) is 13.5. The standard InChI is InChI=1S/C19H24N4O3S2/c1-2-9-20-28(25,26)17-8-6-7-15(12-17)18(24)22-19-21-16(14-27-19)13-23-10-4-3-5-11-23/h2,6-8,12,14,20H,1,3-5,9-11,13H2,(H,21,22,24). The normalized spacial score (nSPS) is 15.3. The third kappa shape index (κ3) is 5.48. The first-order valence-corrected chi connectivity index (χ1v) is 11.5. The Hall–Kier alpha value is -2.07. The molecule has 7 nitrogen and oxygen atoms in total. The van der Waals surface area contributed by atoms with E-state index in [0.717, 1.165) is 25.3 Å². The Morgan fingerprint density at radius 1 is 1.29 bits per heavy atom. The van der Waals surface area contributed by atoms with Crippen molar-refractivity contribution in [3.63, 3.8) is 0 Å². The molecule has 28 heavy (non-hydrogen) atoms. The molecule has 0 radical (unpaired) electrons. The van der Waals surface area contributed by atoms with Crippen LogP contribution in [-0.2, 0) is 16.6 Å². The highest BCUT2D eigenvalue weighted by molar-refractivity contribution is 7.89. The van der Waals surface area contributed by atoms with Gasteiger partial charge in [0.15, 0.2) is 5.13 Å². The molecule has 1 aliphatic heterocycles. The number of amides is 1. The average molecular weight is 421 g/mol. The fourth-order valence-electron chi connectivity index (χ4n) is 3.01. The van der Waals surface area contributed by atoms with Crippen LogP contribution in [0.3, 0.4) is 0 Å². The molecular formula is C19H24N4O3S2. The number of carbonyl (C=O) groups is 1. The van der Waals surface area contributed by atoms with Crippen LogP contribution in [0.2, 0.25) is 0 Å². The third-order valence-electron chi connectivity index (χ3n) is 4.43. The van der Waals surface area contributed by atoms with E-state index in [-0.39, 0.29) is 22.9 Å². The molecule has 2 heterocycles. The van der Waals surface area contributed by atoms with E-state index in [4.69, 9.17) is 0 Å². The lowest BCUT2D eigenvalue weighted by molar-refractivity contribution is 0.102. The lowest BCUT2D eigenvalue weighted by Crippen LogP contribution is -2.29. The molecular weight excluding hydrogens is 396 g/mol. The summed E-state index contributed by atoms with van der Waals surface area (Å²) < 4.78 is 26.8. The van der Waals surface area contributed by atoms with Crippen molar-refractivity contribution in [1.82, 2.24) is 14.6 Å². The van der Waals surface area contributed by atoms with Gasteiger partial charge in [0.2, 0.25) is 10.0 Å².